The molecule has 0 aliphatic carbocycles. The first-order valence-corrected chi connectivity index (χ1v) is 6.84. The van der Waals surface area contributed by atoms with Crippen LogP contribution in [-0.4, -0.2) is 36.8 Å². The molecular weight excluding hydrogens is 296 g/mol. The van der Waals surface area contributed by atoms with Gasteiger partial charge in [0.1, 0.15) is 6.04 Å². The number of nitrogens with one attached hydrogen (secondary N) is 1. The van der Waals surface area contributed by atoms with E-state index >= 15 is 0 Å². The highest BCUT2D eigenvalue weighted by molar-refractivity contribution is 9.10. The summed E-state index contributed by atoms with van der Waals surface area (Å²) in [5.74, 6) is -0.101. The minimum absolute atomic E-state index is 0.101. The Morgan fingerprint density at radius 3 is 3.00 bits per heavy atom. The van der Waals surface area contributed by atoms with Gasteiger partial charge in [0.15, 0.2) is 0 Å². The molecule has 1 fully saturated rings. The van der Waals surface area contributed by atoms with Crippen molar-refractivity contribution in [3.63, 3.8) is 0 Å². The topological polar surface area (TPSA) is 52.6 Å². The second-order valence-electron chi connectivity index (χ2n) is 4.47. The summed E-state index contributed by atoms with van der Waals surface area (Å²) in [5.41, 5.74) is 2.10. The van der Waals surface area contributed by atoms with Crippen molar-refractivity contribution in [2.75, 3.05) is 24.6 Å². The standard InChI is InChI=1S/C13H17BrN2O2/c1-9-7-10(3-4-11(9)14)16-6-2-5-15-13(18)12(16)8-17/h3-4,7,12,17H,2,5-6,8H2,1H3,(H,15,18). The van der Waals surface area contributed by atoms with Gasteiger partial charge in [0.25, 0.3) is 0 Å². The molecule has 0 spiro atoms. The molecule has 18 heavy (non-hydrogen) atoms. The van der Waals surface area contributed by atoms with Gasteiger partial charge in [-0.25, -0.2) is 0 Å². The molecule has 1 saturated heterocycles. The highest BCUT2D eigenvalue weighted by Crippen LogP contribution is 2.25. The fourth-order valence-corrected chi connectivity index (χ4v) is 2.42. The van der Waals surface area contributed by atoms with Crippen molar-refractivity contribution in [3.05, 3.63) is 28.2 Å². The molecule has 0 saturated carbocycles. The quantitative estimate of drug-likeness (QED) is 0.869. The number of aliphatic hydroxyl groups is 1. The number of hydrogen-bond donors (Lipinski definition) is 2. The maximum absolute atomic E-state index is 11.9. The largest absolute Gasteiger partial charge is 0.394 e. The zero-order valence-corrected chi connectivity index (χ0v) is 11.9. The summed E-state index contributed by atoms with van der Waals surface area (Å²) >= 11 is 3.47. The Bertz CT molecular complexity index is 451. The maximum Gasteiger partial charge on any atom is 0.245 e. The maximum atomic E-state index is 11.9. The monoisotopic (exact) mass is 312 g/mol. The number of hydrogen-bond acceptors (Lipinski definition) is 3. The molecule has 2 N–H and O–H groups in total. The fourth-order valence-electron chi connectivity index (χ4n) is 2.17. The number of benzene rings is 1. The van der Waals surface area contributed by atoms with Gasteiger partial charge >= 0.3 is 0 Å². The van der Waals surface area contributed by atoms with E-state index in [-0.39, 0.29) is 12.5 Å². The molecule has 1 unspecified atom stereocenters. The van der Waals surface area contributed by atoms with Crippen LogP contribution in [-0.2, 0) is 4.79 Å². The van der Waals surface area contributed by atoms with E-state index in [1.165, 1.54) is 0 Å². The summed E-state index contributed by atoms with van der Waals surface area (Å²) in [6.45, 7) is 3.28. The van der Waals surface area contributed by atoms with Gasteiger partial charge in [-0.15, -0.1) is 0 Å². The molecule has 1 amide bonds. The van der Waals surface area contributed by atoms with Crippen molar-refractivity contribution in [2.45, 2.75) is 19.4 Å². The number of carbonyl (C=O) groups is 1. The normalized spacial score (nSPS) is 20.5. The molecule has 4 nitrogen and oxygen atoms in total. The van der Waals surface area contributed by atoms with Crippen LogP contribution < -0.4 is 10.2 Å². The van der Waals surface area contributed by atoms with E-state index in [9.17, 15) is 9.90 Å². The Morgan fingerprint density at radius 1 is 1.56 bits per heavy atom. The zero-order valence-electron chi connectivity index (χ0n) is 10.3. The summed E-state index contributed by atoms with van der Waals surface area (Å²) in [4.78, 5) is 13.8. The lowest BCUT2D eigenvalue weighted by molar-refractivity contribution is -0.122. The number of amides is 1. The van der Waals surface area contributed by atoms with Crippen molar-refractivity contribution in [1.29, 1.82) is 0 Å². The van der Waals surface area contributed by atoms with E-state index in [1.54, 1.807) is 0 Å². The Hall–Kier alpha value is -1.07. The summed E-state index contributed by atoms with van der Waals surface area (Å²) < 4.78 is 1.05. The summed E-state index contributed by atoms with van der Waals surface area (Å²) in [7, 11) is 0. The van der Waals surface area contributed by atoms with Gasteiger partial charge in [-0.05, 0) is 37.1 Å². The van der Waals surface area contributed by atoms with Crippen LogP contribution in [0, 0.1) is 6.92 Å². The van der Waals surface area contributed by atoms with E-state index in [0.29, 0.717) is 6.54 Å². The van der Waals surface area contributed by atoms with Crippen LogP contribution in [0.4, 0.5) is 5.69 Å². The molecule has 1 aromatic rings. The number of anilines is 1. The van der Waals surface area contributed by atoms with Crippen molar-refractivity contribution < 1.29 is 9.90 Å². The minimum atomic E-state index is -0.493. The second kappa shape index (κ2) is 5.71. The van der Waals surface area contributed by atoms with Gasteiger partial charge in [-0.1, -0.05) is 15.9 Å². The fraction of sp³-hybridized carbons (Fsp3) is 0.462. The smallest absolute Gasteiger partial charge is 0.245 e. The SMILES string of the molecule is Cc1cc(N2CCCNC(=O)C2CO)ccc1Br. The number of aryl methyl sites for hydroxylation is 1. The highest BCUT2D eigenvalue weighted by atomic mass is 79.9. The molecule has 0 bridgehead atoms. The number of nitrogens with zero attached hydrogens (tertiary/aromatic N) is 1. The molecule has 5 heteroatoms. The van der Waals surface area contributed by atoms with E-state index in [4.69, 9.17) is 0 Å². The lowest BCUT2D eigenvalue weighted by Crippen LogP contribution is -2.46. The van der Waals surface area contributed by atoms with Gasteiger partial charge in [-0.3, -0.25) is 4.79 Å². The number of rotatable bonds is 2. The van der Waals surface area contributed by atoms with Crippen LogP contribution in [0.5, 0.6) is 0 Å². The summed E-state index contributed by atoms with van der Waals surface area (Å²) in [6, 6.07) is 5.49. The first-order chi connectivity index (χ1) is 8.63. The van der Waals surface area contributed by atoms with E-state index in [0.717, 1.165) is 28.7 Å². The zero-order chi connectivity index (χ0) is 13.1. The number of halogens is 1. The predicted octanol–water partition coefficient (Wildman–Crippen LogP) is 1.44. The third kappa shape index (κ3) is 2.67. The lowest BCUT2D eigenvalue weighted by Gasteiger charge is -2.29. The second-order valence-corrected chi connectivity index (χ2v) is 5.32. The molecule has 0 aromatic heterocycles. The molecular formula is C13H17BrN2O2. The van der Waals surface area contributed by atoms with Gasteiger partial charge in [-0.2, -0.15) is 0 Å². The third-order valence-corrected chi connectivity index (χ3v) is 4.09. The Labute approximate surface area is 115 Å². The van der Waals surface area contributed by atoms with Crippen LogP contribution in [0.3, 0.4) is 0 Å². The van der Waals surface area contributed by atoms with E-state index < -0.39 is 6.04 Å². The molecule has 1 atom stereocenters. The minimum Gasteiger partial charge on any atom is -0.394 e. The highest BCUT2D eigenvalue weighted by Gasteiger charge is 2.27. The number of aliphatic hydroxyl groups excluding tert-OH is 1. The van der Waals surface area contributed by atoms with E-state index in [2.05, 4.69) is 21.2 Å². The molecule has 1 aliphatic rings. The Kier molecular flexibility index (Phi) is 4.24. The van der Waals surface area contributed by atoms with Gasteiger partial charge in [0.05, 0.1) is 6.61 Å². The van der Waals surface area contributed by atoms with Gasteiger partial charge in [0, 0.05) is 23.2 Å². The molecule has 2 rings (SSSR count). The molecule has 0 radical (unpaired) electrons. The van der Waals surface area contributed by atoms with Crippen LogP contribution in [0.1, 0.15) is 12.0 Å². The summed E-state index contributed by atoms with van der Waals surface area (Å²) in [6.07, 6.45) is 0.886. The van der Waals surface area contributed by atoms with Crippen LogP contribution in [0.25, 0.3) is 0 Å². The van der Waals surface area contributed by atoms with Gasteiger partial charge in [0.2, 0.25) is 5.91 Å². The first kappa shape index (κ1) is 13.4. The van der Waals surface area contributed by atoms with Crippen molar-refractivity contribution in [1.82, 2.24) is 5.32 Å². The van der Waals surface area contributed by atoms with Crippen LogP contribution in [0.2, 0.25) is 0 Å². The van der Waals surface area contributed by atoms with Crippen molar-refractivity contribution in [2.24, 2.45) is 0 Å². The molecule has 1 aromatic carbocycles. The molecule has 98 valence electrons. The van der Waals surface area contributed by atoms with Crippen LogP contribution >= 0.6 is 15.9 Å². The predicted molar refractivity (Wildman–Crippen MR) is 74.7 cm³/mol. The third-order valence-electron chi connectivity index (χ3n) is 3.20. The van der Waals surface area contributed by atoms with Crippen LogP contribution in [0.15, 0.2) is 22.7 Å². The van der Waals surface area contributed by atoms with Crippen molar-refractivity contribution in [3.8, 4) is 0 Å². The molecule has 1 heterocycles. The number of carbonyl (C=O) groups excluding carboxylic acids is 1. The lowest BCUT2D eigenvalue weighted by atomic mass is 10.1. The first-order valence-electron chi connectivity index (χ1n) is 6.05. The van der Waals surface area contributed by atoms with E-state index in [1.807, 2.05) is 30.0 Å². The summed E-state index contributed by atoms with van der Waals surface area (Å²) in [5, 5.41) is 12.3. The average molecular weight is 313 g/mol. The Balaban J connectivity index is 2.32. The Morgan fingerprint density at radius 2 is 2.33 bits per heavy atom. The molecule has 1 aliphatic heterocycles. The van der Waals surface area contributed by atoms with Crippen molar-refractivity contribution >= 4 is 27.5 Å². The average Bonchev–Trinajstić information content (AvgIpc) is 2.54. The van der Waals surface area contributed by atoms with Gasteiger partial charge < -0.3 is 15.3 Å².